The van der Waals surface area contributed by atoms with Crippen molar-refractivity contribution in [2.45, 2.75) is 57.9 Å². The van der Waals surface area contributed by atoms with Crippen molar-refractivity contribution in [3.8, 4) is 0 Å². The lowest BCUT2D eigenvalue weighted by molar-refractivity contribution is -0.139. The van der Waals surface area contributed by atoms with Crippen LogP contribution < -0.4 is 15.5 Å². The Morgan fingerprint density at radius 2 is 1.96 bits per heavy atom. The van der Waals surface area contributed by atoms with Crippen LogP contribution in [-0.4, -0.2) is 37.5 Å². The van der Waals surface area contributed by atoms with Crippen LogP contribution in [0.15, 0.2) is 18.2 Å². The summed E-state index contributed by atoms with van der Waals surface area (Å²) >= 11 is 0. The third-order valence-electron chi connectivity index (χ3n) is 5.34. The minimum absolute atomic E-state index is 0.181. The summed E-state index contributed by atoms with van der Waals surface area (Å²) < 4.78 is 0. The monoisotopic (exact) mass is 343 g/mol. The molecule has 3 rings (SSSR count). The van der Waals surface area contributed by atoms with Gasteiger partial charge in [-0.1, -0.05) is 25.0 Å². The number of hydrogen-bond acceptors (Lipinski definition) is 3. The summed E-state index contributed by atoms with van der Waals surface area (Å²) in [4.78, 5) is 26.2. The van der Waals surface area contributed by atoms with E-state index in [1.54, 1.807) is 0 Å². The second-order valence-electron chi connectivity index (χ2n) is 7.11. The number of carbonyl (C=O) groups is 2. The average molecular weight is 343 g/mol. The Balaban J connectivity index is 1.47. The molecule has 5 heteroatoms. The summed E-state index contributed by atoms with van der Waals surface area (Å²) in [5.41, 5.74) is 3.96. The summed E-state index contributed by atoms with van der Waals surface area (Å²) in [5, 5.41) is 5.57. The molecule has 0 saturated heterocycles. The van der Waals surface area contributed by atoms with Gasteiger partial charge in [0, 0.05) is 31.4 Å². The maximum Gasteiger partial charge on any atom is 0.309 e. The van der Waals surface area contributed by atoms with Gasteiger partial charge in [-0.15, -0.1) is 0 Å². The Hall–Kier alpha value is -2.04. The van der Waals surface area contributed by atoms with Crippen molar-refractivity contribution in [2.75, 3.05) is 24.5 Å². The van der Waals surface area contributed by atoms with Crippen LogP contribution in [-0.2, 0) is 22.4 Å². The molecular weight excluding hydrogens is 314 g/mol. The SMILES string of the molecule is CCN1CCCc2cc(CCNC(=O)C(=O)NC3CCCC3)ccc21. The zero-order valence-electron chi connectivity index (χ0n) is 15.1. The highest BCUT2D eigenvalue weighted by Crippen LogP contribution is 2.27. The number of amides is 2. The normalized spacial score (nSPS) is 17.2. The number of hydrogen-bond donors (Lipinski definition) is 2. The maximum absolute atomic E-state index is 11.9. The number of rotatable bonds is 5. The van der Waals surface area contributed by atoms with Gasteiger partial charge in [0.1, 0.15) is 0 Å². The highest BCUT2D eigenvalue weighted by atomic mass is 16.2. The number of carbonyl (C=O) groups excluding carboxylic acids is 2. The van der Waals surface area contributed by atoms with Gasteiger partial charge in [0.25, 0.3) is 0 Å². The molecule has 1 aromatic rings. The van der Waals surface area contributed by atoms with Crippen LogP contribution >= 0.6 is 0 Å². The van der Waals surface area contributed by atoms with Crippen LogP contribution in [0, 0.1) is 0 Å². The molecule has 2 N–H and O–H groups in total. The Morgan fingerprint density at radius 1 is 1.16 bits per heavy atom. The van der Waals surface area contributed by atoms with E-state index >= 15 is 0 Å². The smallest absolute Gasteiger partial charge is 0.309 e. The molecular formula is C20H29N3O2. The number of aryl methyl sites for hydroxylation is 1. The largest absolute Gasteiger partial charge is 0.372 e. The Morgan fingerprint density at radius 3 is 2.72 bits per heavy atom. The summed E-state index contributed by atoms with van der Waals surface area (Å²) in [6.07, 6.45) is 7.33. The van der Waals surface area contributed by atoms with Gasteiger partial charge in [-0.05, 0) is 56.2 Å². The van der Waals surface area contributed by atoms with Crippen LogP contribution in [0.3, 0.4) is 0 Å². The Bertz CT molecular complexity index is 623. The topological polar surface area (TPSA) is 61.4 Å². The fraction of sp³-hybridized carbons (Fsp3) is 0.600. The van der Waals surface area contributed by atoms with Crippen molar-refractivity contribution in [3.05, 3.63) is 29.3 Å². The van der Waals surface area contributed by atoms with Gasteiger partial charge in [-0.3, -0.25) is 9.59 Å². The number of nitrogens with zero attached hydrogens (tertiary/aromatic N) is 1. The first kappa shape index (κ1) is 17.8. The second kappa shape index (κ2) is 8.37. The van der Waals surface area contributed by atoms with Gasteiger partial charge < -0.3 is 15.5 Å². The van der Waals surface area contributed by atoms with E-state index in [-0.39, 0.29) is 6.04 Å². The van der Waals surface area contributed by atoms with E-state index in [0.29, 0.717) is 6.54 Å². The van der Waals surface area contributed by atoms with E-state index in [1.165, 1.54) is 23.2 Å². The molecule has 1 fully saturated rings. The van der Waals surface area contributed by atoms with Crippen LogP contribution in [0.25, 0.3) is 0 Å². The molecule has 0 bridgehead atoms. The predicted molar refractivity (Wildman–Crippen MR) is 99.8 cm³/mol. The van der Waals surface area contributed by atoms with Crippen molar-refractivity contribution in [3.63, 3.8) is 0 Å². The molecule has 1 aliphatic carbocycles. The summed E-state index contributed by atoms with van der Waals surface area (Å²) in [6.45, 7) is 4.86. The first-order chi connectivity index (χ1) is 12.2. The van der Waals surface area contributed by atoms with Crippen molar-refractivity contribution in [1.82, 2.24) is 10.6 Å². The number of anilines is 1. The minimum Gasteiger partial charge on any atom is -0.372 e. The maximum atomic E-state index is 11.9. The molecule has 25 heavy (non-hydrogen) atoms. The van der Waals surface area contributed by atoms with E-state index in [4.69, 9.17) is 0 Å². The highest BCUT2D eigenvalue weighted by molar-refractivity contribution is 6.35. The second-order valence-corrected chi connectivity index (χ2v) is 7.11. The summed E-state index contributed by atoms with van der Waals surface area (Å²) in [5.74, 6) is -1.00. The third kappa shape index (κ3) is 4.53. The van der Waals surface area contributed by atoms with Crippen molar-refractivity contribution >= 4 is 17.5 Å². The van der Waals surface area contributed by atoms with Gasteiger partial charge in [-0.25, -0.2) is 0 Å². The van der Waals surface area contributed by atoms with Gasteiger partial charge in [0.15, 0.2) is 0 Å². The number of benzene rings is 1. The van der Waals surface area contributed by atoms with E-state index in [0.717, 1.165) is 51.6 Å². The molecule has 136 valence electrons. The number of fused-ring (bicyclic) bond motifs is 1. The fourth-order valence-electron chi connectivity index (χ4n) is 3.93. The Labute approximate surface area is 150 Å². The Kier molecular flexibility index (Phi) is 5.95. The fourth-order valence-corrected chi connectivity index (χ4v) is 3.93. The van der Waals surface area contributed by atoms with Gasteiger partial charge in [-0.2, -0.15) is 0 Å². The van der Waals surface area contributed by atoms with Crippen molar-refractivity contribution in [2.24, 2.45) is 0 Å². The van der Waals surface area contributed by atoms with E-state index in [1.807, 2.05) is 0 Å². The molecule has 5 nitrogen and oxygen atoms in total. The van der Waals surface area contributed by atoms with Crippen molar-refractivity contribution in [1.29, 1.82) is 0 Å². The van der Waals surface area contributed by atoms with Gasteiger partial charge in [0.2, 0.25) is 0 Å². The van der Waals surface area contributed by atoms with Crippen LogP contribution in [0.5, 0.6) is 0 Å². The molecule has 0 spiro atoms. The van der Waals surface area contributed by atoms with Gasteiger partial charge in [0.05, 0.1) is 0 Å². The van der Waals surface area contributed by atoms with Gasteiger partial charge >= 0.3 is 11.8 Å². The zero-order chi connectivity index (χ0) is 17.6. The molecule has 0 radical (unpaired) electrons. The lowest BCUT2D eigenvalue weighted by Crippen LogP contribution is -2.44. The first-order valence-electron chi connectivity index (χ1n) is 9.63. The molecule has 2 aliphatic rings. The highest BCUT2D eigenvalue weighted by Gasteiger charge is 2.21. The third-order valence-corrected chi connectivity index (χ3v) is 5.34. The first-order valence-corrected chi connectivity index (χ1v) is 9.63. The predicted octanol–water partition coefficient (Wildman–Crippen LogP) is 2.18. The molecule has 1 aromatic carbocycles. The zero-order valence-corrected chi connectivity index (χ0v) is 15.1. The molecule has 0 unspecified atom stereocenters. The summed E-state index contributed by atoms with van der Waals surface area (Å²) in [6, 6.07) is 6.77. The van der Waals surface area contributed by atoms with E-state index in [2.05, 4.69) is 40.7 Å². The van der Waals surface area contributed by atoms with Crippen molar-refractivity contribution < 1.29 is 9.59 Å². The van der Waals surface area contributed by atoms with Crippen LogP contribution in [0.2, 0.25) is 0 Å². The molecule has 1 aliphatic heterocycles. The number of nitrogens with one attached hydrogen (secondary N) is 2. The minimum atomic E-state index is -0.512. The van der Waals surface area contributed by atoms with E-state index in [9.17, 15) is 9.59 Å². The molecule has 2 amide bonds. The average Bonchev–Trinajstić information content (AvgIpc) is 3.13. The molecule has 0 atom stereocenters. The lowest BCUT2D eigenvalue weighted by atomic mass is 9.98. The standard InChI is InChI=1S/C20H29N3O2/c1-2-23-13-5-6-16-14-15(9-10-18(16)23)11-12-21-19(24)20(25)22-17-7-3-4-8-17/h9-10,14,17H,2-8,11-13H2,1H3,(H,21,24)(H,22,25). The van der Waals surface area contributed by atoms with Crippen LogP contribution in [0.4, 0.5) is 5.69 Å². The van der Waals surface area contributed by atoms with E-state index < -0.39 is 11.8 Å². The molecule has 1 heterocycles. The quantitative estimate of drug-likeness (QED) is 0.806. The molecule has 0 aromatic heterocycles. The lowest BCUT2D eigenvalue weighted by Gasteiger charge is -2.30. The summed E-state index contributed by atoms with van der Waals surface area (Å²) in [7, 11) is 0. The van der Waals surface area contributed by atoms with Crippen LogP contribution in [0.1, 0.15) is 50.2 Å². The molecule has 1 saturated carbocycles.